The third-order valence-electron chi connectivity index (χ3n) is 3.95. The fourth-order valence-corrected chi connectivity index (χ4v) is 2.34. The van der Waals surface area contributed by atoms with Gasteiger partial charge < -0.3 is 15.0 Å². The largest absolute Gasteiger partial charge is 0.467 e. The molecule has 2 rings (SSSR count). The van der Waals surface area contributed by atoms with Gasteiger partial charge in [0.05, 0.1) is 18.0 Å². The SMILES string of the molecule is CC[C@@](C)(NC(=O)Cn1c(=O)[nH]c2ccccc2c1=O)C(=O)OC. The Morgan fingerprint density at radius 3 is 2.58 bits per heavy atom. The van der Waals surface area contributed by atoms with Gasteiger partial charge in [-0.1, -0.05) is 19.1 Å². The number of aromatic nitrogens is 2. The van der Waals surface area contributed by atoms with E-state index in [4.69, 9.17) is 0 Å². The number of carbonyl (C=O) groups is 2. The van der Waals surface area contributed by atoms with Gasteiger partial charge in [0.15, 0.2) is 0 Å². The fourth-order valence-electron chi connectivity index (χ4n) is 2.34. The zero-order valence-electron chi connectivity index (χ0n) is 13.7. The molecule has 0 spiro atoms. The Kier molecular flexibility index (Phi) is 4.87. The first-order chi connectivity index (χ1) is 11.3. The molecule has 24 heavy (non-hydrogen) atoms. The highest BCUT2D eigenvalue weighted by Gasteiger charge is 2.34. The second-order valence-electron chi connectivity index (χ2n) is 5.59. The fraction of sp³-hybridized carbons (Fsp3) is 0.375. The number of nitrogens with zero attached hydrogens (tertiary/aromatic N) is 1. The molecule has 2 aromatic rings. The molecule has 1 amide bonds. The van der Waals surface area contributed by atoms with Crippen LogP contribution in [0.4, 0.5) is 0 Å². The number of methoxy groups -OCH3 is 1. The van der Waals surface area contributed by atoms with Crippen molar-refractivity contribution in [2.45, 2.75) is 32.4 Å². The molecule has 0 saturated heterocycles. The second-order valence-corrected chi connectivity index (χ2v) is 5.59. The molecule has 0 bridgehead atoms. The summed E-state index contributed by atoms with van der Waals surface area (Å²) in [5, 5.41) is 2.82. The normalized spacial score (nSPS) is 13.3. The summed E-state index contributed by atoms with van der Waals surface area (Å²) < 4.78 is 5.47. The highest BCUT2D eigenvalue weighted by molar-refractivity contribution is 5.87. The molecular formula is C16H19N3O5. The van der Waals surface area contributed by atoms with Gasteiger partial charge in [0, 0.05) is 0 Å². The van der Waals surface area contributed by atoms with Crippen molar-refractivity contribution in [1.29, 1.82) is 0 Å². The molecule has 0 aliphatic carbocycles. The molecule has 1 atom stereocenters. The molecule has 0 aliphatic heterocycles. The third kappa shape index (κ3) is 3.22. The third-order valence-corrected chi connectivity index (χ3v) is 3.95. The maximum absolute atomic E-state index is 12.4. The van der Waals surface area contributed by atoms with Gasteiger partial charge in [0.1, 0.15) is 12.1 Å². The van der Waals surface area contributed by atoms with Crippen molar-refractivity contribution < 1.29 is 14.3 Å². The van der Waals surface area contributed by atoms with Gasteiger partial charge in [-0.2, -0.15) is 0 Å². The molecule has 8 nitrogen and oxygen atoms in total. The monoisotopic (exact) mass is 333 g/mol. The number of carbonyl (C=O) groups excluding carboxylic acids is 2. The molecule has 1 aromatic heterocycles. The van der Waals surface area contributed by atoms with Gasteiger partial charge >= 0.3 is 11.7 Å². The minimum absolute atomic E-state index is 0.300. The van der Waals surface area contributed by atoms with E-state index >= 15 is 0 Å². The molecule has 0 fully saturated rings. The number of fused-ring (bicyclic) bond motifs is 1. The zero-order chi connectivity index (χ0) is 17.9. The Morgan fingerprint density at radius 1 is 1.29 bits per heavy atom. The first-order valence-corrected chi connectivity index (χ1v) is 7.43. The number of benzene rings is 1. The summed E-state index contributed by atoms with van der Waals surface area (Å²) in [5.74, 6) is -1.23. The Hall–Kier alpha value is -2.90. The van der Waals surface area contributed by atoms with Crippen LogP contribution in [0.3, 0.4) is 0 Å². The van der Waals surface area contributed by atoms with E-state index in [1.165, 1.54) is 14.0 Å². The molecule has 1 aromatic carbocycles. The molecule has 2 N–H and O–H groups in total. The number of hydrogen-bond donors (Lipinski definition) is 2. The van der Waals surface area contributed by atoms with Crippen LogP contribution in [-0.2, 0) is 20.9 Å². The van der Waals surface area contributed by atoms with Crippen LogP contribution in [0, 0.1) is 0 Å². The van der Waals surface area contributed by atoms with E-state index in [1.807, 2.05) is 0 Å². The second kappa shape index (κ2) is 6.69. The highest BCUT2D eigenvalue weighted by atomic mass is 16.5. The lowest BCUT2D eigenvalue weighted by atomic mass is 9.99. The zero-order valence-corrected chi connectivity index (χ0v) is 13.7. The minimum Gasteiger partial charge on any atom is -0.467 e. The number of rotatable bonds is 5. The van der Waals surface area contributed by atoms with E-state index in [-0.39, 0.29) is 0 Å². The molecular weight excluding hydrogens is 314 g/mol. The molecule has 1 heterocycles. The molecule has 0 saturated carbocycles. The van der Waals surface area contributed by atoms with E-state index < -0.39 is 35.2 Å². The van der Waals surface area contributed by atoms with Crippen molar-refractivity contribution in [2.24, 2.45) is 0 Å². The molecule has 0 radical (unpaired) electrons. The number of aromatic amines is 1. The maximum atomic E-state index is 12.4. The summed E-state index contributed by atoms with van der Waals surface area (Å²) in [6, 6.07) is 6.52. The summed E-state index contributed by atoms with van der Waals surface area (Å²) >= 11 is 0. The van der Waals surface area contributed by atoms with Crippen LogP contribution >= 0.6 is 0 Å². The van der Waals surface area contributed by atoms with E-state index in [9.17, 15) is 19.2 Å². The Morgan fingerprint density at radius 2 is 1.96 bits per heavy atom. The van der Waals surface area contributed by atoms with Crippen molar-refractivity contribution in [1.82, 2.24) is 14.9 Å². The first kappa shape index (κ1) is 17.5. The van der Waals surface area contributed by atoms with Crippen molar-refractivity contribution in [3.63, 3.8) is 0 Å². The summed E-state index contributed by atoms with van der Waals surface area (Å²) in [6.45, 7) is 2.74. The smallest absolute Gasteiger partial charge is 0.331 e. The van der Waals surface area contributed by atoms with Crippen molar-refractivity contribution in [2.75, 3.05) is 7.11 Å². The highest BCUT2D eigenvalue weighted by Crippen LogP contribution is 2.11. The van der Waals surface area contributed by atoms with Gasteiger partial charge in [-0.15, -0.1) is 0 Å². The Bertz CT molecular complexity index is 898. The van der Waals surface area contributed by atoms with Crippen LogP contribution in [0.1, 0.15) is 20.3 Å². The summed E-state index contributed by atoms with van der Waals surface area (Å²) in [5.41, 5.74) is -2.08. The Balaban J connectivity index is 2.33. The average molecular weight is 333 g/mol. The van der Waals surface area contributed by atoms with E-state index in [2.05, 4.69) is 15.0 Å². The van der Waals surface area contributed by atoms with Gasteiger partial charge in [-0.3, -0.25) is 14.2 Å². The molecule has 8 heteroatoms. The summed E-state index contributed by atoms with van der Waals surface area (Å²) in [4.78, 5) is 51.0. The first-order valence-electron chi connectivity index (χ1n) is 7.43. The molecule has 128 valence electrons. The lowest BCUT2D eigenvalue weighted by Crippen LogP contribution is -2.54. The van der Waals surface area contributed by atoms with Gasteiger partial charge in [-0.05, 0) is 25.5 Å². The van der Waals surface area contributed by atoms with E-state index in [0.717, 1.165) is 4.57 Å². The number of esters is 1. The number of para-hydroxylation sites is 1. The standard InChI is InChI=1S/C16H19N3O5/c1-4-16(2,14(22)24-3)18-12(20)9-19-13(21)10-7-5-6-8-11(10)17-15(19)23/h5-8H,4,9H2,1-3H3,(H,17,23)(H,18,20)/t16-/m1/s1. The van der Waals surface area contributed by atoms with E-state index in [0.29, 0.717) is 17.3 Å². The van der Waals surface area contributed by atoms with Crippen molar-refractivity contribution >= 4 is 22.8 Å². The van der Waals surface area contributed by atoms with Crippen LogP contribution in [0.15, 0.2) is 33.9 Å². The number of nitrogens with one attached hydrogen (secondary N) is 2. The number of H-pyrrole nitrogens is 1. The van der Waals surface area contributed by atoms with Crippen LogP contribution in [-0.4, -0.2) is 34.1 Å². The molecule has 0 aliphatic rings. The summed E-state index contributed by atoms with van der Waals surface area (Å²) in [7, 11) is 1.22. The van der Waals surface area contributed by atoms with Crippen LogP contribution in [0.25, 0.3) is 10.9 Å². The van der Waals surface area contributed by atoms with Gasteiger partial charge in [0.25, 0.3) is 5.56 Å². The van der Waals surface area contributed by atoms with Crippen LogP contribution in [0.5, 0.6) is 0 Å². The lowest BCUT2D eigenvalue weighted by molar-refractivity contribution is -0.150. The summed E-state index contributed by atoms with van der Waals surface area (Å²) in [6.07, 6.45) is 0.300. The van der Waals surface area contributed by atoms with Gasteiger partial charge in [0.2, 0.25) is 5.91 Å². The predicted molar refractivity (Wildman–Crippen MR) is 87.7 cm³/mol. The predicted octanol–water partition coefficient (Wildman–Crippen LogP) is 0.148. The number of amides is 1. The number of ether oxygens (including phenoxy) is 1. The van der Waals surface area contributed by atoms with Gasteiger partial charge in [-0.25, -0.2) is 9.59 Å². The van der Waals surface area contributed by atoms with Crippen LogP contribution < -0.4 is 16.6 Å². The topological polar surface area (TPSA) is 110 Å². The maximum Gasteiger partial charge on any atom is 0.331 e. The van der Waals surface area contributed by atoms with Crippen LogP contribution in [0.2, 0.25) is 0 Å². The Labute approximate surface area is 137 Å². The lowest BCUT2D eigenvalue weighted by Gasteiger charge is -2.26. The van der Waals surface area contributed by atoms with Crippen molar-refractivity contribution in [3.05, 3.63) is 45.1 Å². The number of hydrogen-bond acceptors (Lipinski definition) is 5. The minimum atomic E-state index is -1.22. The van der Waals surface area contributed by atoms with Crippen molar-refractivity contribution in [3.8, 4) is 0 Å². The quantitative estimate of drug-likeness (QED) is 0.757. The van der Waals surface area contributed by atoms with E-state index in [1.54, 1.807) is 31.2 Å². The average Bonchev–Trinajstić information content (AvgIpc) is 2.57. The molecule has 0 unspecified atom stereocenters.